The smallest absolute Gasteiger partial charge is 0.255 e. The van der Waals surface area contributed by atoms with Gasteiger partial charge in [0.15, 0.2) is 11.5 Å². The van der Waals surface area contributed by atoms with Gasteiger partial charge in [-0.2, -0.15) is 0 Å². The van der Waals surface area contributed by atoms with Crippen LogP contribution in [0.3, 0.4) is 0 Å². The SMILES string of the molecule is COc1ccc(NC(=O)c2ccc(Br)c(Cl)c2)cc1OC. The molecule has 6 heteroatoms. The van der Waals surface area contributed by atoms with Crippen LogP contribution in [0.15, 0.2) is 40.9 Å². The highest BCUT2D eigenvalue weighted by Gasteiger charge is 2.10. The average Bonchev–Trinajstić information content (AvgIpc) is 2.49. The summed E-state index contributed by atoms with van der Waals surface area (Å²) in [5, 5.41) is 3.26. The van der Waals surface area contributed by atoms with Crippen molar-refractivity contribution in [3.63, 3.8) is 0 Å². The lowest BCUT2D eigenvalue weighted by Crippen LogP contribution is -2.12. The Morgan fingerprint density at radius 1 is 1.10 bits per heavy atom. The lowest BCUT2D eigenvalue weighted by molar-refractivity contribution is 0.102. The van der Waals surface area contributed by atoms with Crippen molar-refractivity contribution in [3.8, 4) is 11.5 Å². The maximum atomic E-state index is 12.2. The number of hydrogen-bond acceptors (Lipinski definition) is 3. The Labute approximate surface area is 136 Å². The Kier molecular flexibility index (Phi) is 5.09. The highest BCUT2D eigenvalue weighted by molar-refractivity contribution is 9.10. The Morgan fingerprint density at radius 2 is 1.81 bits per heavy atom. The van der Waals surface area contributed by atoms with Gasteiger partial charge in [-0.05, 0) is 46.3 Å². The van der Waals surface area contributed by atoms with E-state index < -0.39 is 0 Å². The quantitative estimate of drug-likeness (QED) is 0.869. The summed E-state index contributed by atoms with van der Waals surface area (Å²) >= 11 is 9.27. The number of carbonyl (C=O) groups is 1. The third-order valence-corrected chi connectivity index (χ3v) is 4.06. The molecule has 0 bridgehead atoms. The van der Waals surface area contributed by atoms with Gasteiger partial charge in [-0.15, -0.1) is 0 Å². The fourth-order valence-electron chi connectivity index (χ4n) is 1.75. The zero-order valence-corrected chi connectivity index (χ0v) is 13.8. The molecule has 0 fully saturated rings. The number of halogens is 2. The van der Waals surface area contributed by atoms with Crippen molar-refractivity contribution >= 4 is 39.1 Å². The van der Waals surface area contributed by atoms with Gasteiger partial charge in [0.2, 0.25) is 0 Å². The van der Waals surface area contributed by atoms with E-state index in [2.05, 4.69) is 21.2 Å². The van der Waals surface area contributed by atoms with Crippen molar-refractivity contribution in [2.45, 2.75) is 0 Å². The lowest BCUT2D eigenvalue weighted by atomic mass is 10.2. The largest absolute Gasteiger partial charge is 0.493 e. The first-order chi connectivity index (χ1) is 10.0. The first kappa shape index (κ1) is 15.7. The van der Waals surface area contributed by atoms with Gasteiger partial charge in [-0.25, -0.2) is 0 Å². The first-order valence-electron chi connectivity index (χ1n) is 6.03. The van der Waals surface area contributed by atoms with Crippen LogP contribution in [0, 0.1) is 0 Å². The lowest BCUT2D eigenvalue weighted by Gasteiger charge is -2.11. The second-order valence-electron chi connectivity index (χ2n) is 4.15. The molecule has 0 aliphatic heterocycles. The number of amides is 1. The molecule has 0 heterocycles. The van der Waals surface area contributed by atoms with Gasteiger partial charge < -0.3 is 14.8 Å². The molecule has 0 unspecified atom stereocenters. The van der Waals surface area contributed by atoms with Gasteiger partial charge in [0.25, 0.3) is 5.91 Å². The Morgan fingerprint density at radius 3 is 2.43 bits per heavy atom. The summed E-state index contributed by atoms with van der Waals surface area (Å²) in [5.41, 5.74) is 1.08. The molecule has 0 aliphatic carbocycles. The van der Waals surface area contributed by atoms with Gasteiger partial charge >= 0.3 is 0 Å². The fourth-order valence-corrected chi connectivity index (χ4v) is 2.18. The minimum atomic E-state index is -0.253. The van der Waals surface area contributed by atoms with Gasteiger partial charge in [0.05, 0.1) is 19.2 Å². The van der Waals surface area contributed by atoms with E-state index in [1.54, 1.807) is 43.5 Å². The Balaban J connectivity index is 2.21. The second kappa shape index (κ2) is 6.83. The molecule has 0 radical (unpaired) electrons. The maximum absolute atomic E-state index is 12.2. The predicted octanol–water partition coefficient (Wildman–Crippen LogP) is 4.37. The van der Waals surface area contributed by atoms with E-state index in [-0.39, 0.29) is 5.91 Å². The monoisotopic (exact) mass is 369 g/mol. The normalized spacial score (nSPS) is 10.1. The van der Waals surface area contributed by atoms with E-state index in [4.69, 9.17) is 21.1 Å². The summed E-state index contributed by atoms with van der Waals surface area (Å²) < 4.78 is 11.1. The molecule has 2 aromatic rings. The van der Waals surface area contributed by atoms with E-state index in [1.165, 1.54) is 7.11 Å². The molecule has 0 aromatic heterocycles. The maximum Gasteiger partial charge on any atom is 0.255 e. The van der Waals surface area contributed by atoms with Crippen LogP contribution in [0.1, 0.15) is 10.4 Å². The molecule has 2 aromatic carbocycles. The zero-order valence-electron chi connectivity index (χ0n) is 11.4. The summed E-state index contributed by atoms with van der Waals surface area (Å²) in [6.07, 6.45) is 0. The molecule has 110 valence electrons. The molecule has 0 atom stereocenters. The van der Waals surface area contributed by atoms with Crippen LogP contribution in [-0.4, -0.2) is 20.1 Å². The van der Waals surface area contributed by atoms with Crippen LogP contribution >= 0.6 is 27.5 Å². The van der Waals surface area contributed by atoms with Crippen LogP contribution in [0.5, 0.6) is 11.5 Å². The first-order valence-corrected chi connectivity index (χ1v) is 7.20. The van der Waals surface area contributed by atoms with Crippen LogP contribution in [0.4, 0.5) is 5.69 Å². The number of nitrogens with one attached hydrogen (secondary N) is 1. The fraction of sp³-hybridized carbons (Fsp3) is 0.133. The summed E-state index contributed by atoms with van der Waals surface area (Å²) in [6.45, 7) is 0. The zero-order chi connectivity index (χ0) is 15.4. The third-order valence-electron chi connectivity index (χ3n) is 2.82. The van der Waals surface area contributed by atoms with E-state index in [9.17, 15) is 4.79 Å². The predicted molar refractivity (Wildman–Crippen MR) is 86.7 cm³/mol. The molecule has 0 saturated heterocycles. The molecular formula is C15H13BrClNO3. The van der Waals surface area contributed by atoms with Crippen molar-refractivity contribution < 1.29 is 14.3 Å². The number of ether oxygens (including phenoxy) is 2. The molecular weight excluding hydrogens is 358 g/mol. The van der Waals surface area contributed by atoms with Crippen molar-refractivity contribution in [1.82, 2.24) is 0 Å². The molecule has 0 aliphatic rings. The average molecular weight is 371 g/mol. The minimum absolute atomic E-state index is 0.253. The molecule has 1 N–H and O–H groups in total. The minimum Gasteiger partial charge on any atom is -0.493 e. The van der Waals surface area contributed by atoms with E-state index in [0.29, 0.717) is 27.8 Å². The summed E-state index contributed by atoms with van der Waals surface area (Å²) in [4.78, 5) is 12.2. The van der Waals surface area contributed by atoms with Gasteiger partial charge in [0.1, 0.15) is 0 Å². The number of anilines is 1. The number of methoxy groups -OCH3 is 2. The second-order valence-corrected chi connectivity index (χ2v) is 5.41. The number of carbonyl (C=O) groups excluding carboxylic acids is 1. The Bertz CT molecular complexity index is 676. The van der Waals surface area contributed by atoms with Gasteiger partial charge in [-0.3, -0.25) is 4.79 Å². The molecule has 4 nitrogen and oxygen atoms in total. The van der Waals surface area contributed by atoms with Crippen LogP contribution in [0.25, 0.3) is 0 Å². The number of benzene rings is 2. The van der Waals surface area contributed by atoms with E-state index in [1.807, 2.05) is 0 Å². The van der Waals surface area contributed by atoms with Crippen LogP contribution < -0.4 is 14.8 Å². The topological polar surface area (TPSA) is 47.6 Å². The number of hydrogen-bond donors (Lipinski definition) is 1. The summed E-state index contributed by atoms with van der Waals surface area (Å²) in [5.74, 6) is 0.892. The Hall–Kier alpha value is -1.72. The molecule has 2 rings (SSSR count). The van der Waals surface area contributed by atoms with Gasteiger partial charge in [-0.1, -0.05) is 11.6 Å². The third kappa shape index (κ3) is 3.68. The molecule has 1 amide bonds. The summed E-state index contributed by atoms with van der Waals surface area (Å²) in [6, 6.07) is 10.2. The standard InChI is InChI=1S/C15H13BrClNO3/c1-20-13-6-4-10(8-14(13)21-2)18-15(19)9-3-5-11(16)12(17)7-9/h3-8H,1-2H3,(H,18,19). The summed E-state index contributed by atoms with van der Waals surface area (Å²) in [7, 11) is 3.10. The van der Waals surface area contributed by atoms with E-state index >= 15 is 0 Å². The van der Waals surface area contributed by atoms with E-state index in [0.717, 1.165) is 4.47 Å². The highest BCUT2D eigenvalue weighted by Crippen LogP contribution is 2.30. The van der Waals surface area contributed by atoms with Crippen molar-refractivity contribution in [2.75, 3.05) is 19.5 Å². The molecule has 0 spiro atoms. The molecule has 21 heavy (non-hydrogen) atoms. The van der Waals surface area contributed by atoms with Crippen molar-refractivity contribution in [3.05, 3.63) is 51.5 Å². The molecule has 0 saturated carbocycles. The van der Waals surface area contributed by atoms with Crippen LogP contribution in [0.2, 0.25) is 5.02 Å². The van der Waals surface area contributed by atoms with Crippen molar-refractivity contribution in [1.29, 1.82) is 0 Å². The number of rotatable bonds is 4. The van der Waals surface area contributed by atoms with Gasteiger partial charge in [0, 0.05) is 21.8 Å². The highest BCUT2D eigenvalue weighted by atomic mass is 79.9. The van der Waals surface area contributed by atoms with Crippen LogP contribution in [-0.2, 0) is 0 Å². The van der Waals surface area contributed by atoms with Crippen molar-refractivity contribution in [2.24, 2.45) is 0 Å².